The largest absolute Gasteiger partial charge is 0.308 e. The zero-order valence-electron chi connectivity index (χ0n) is 8.71. The van der Waals surface area contributed by atoms with Gasteiger partial charge in [-0.25, -0.2) is 13.2 Å². The van der Waals surface area contributed by atoms with Gasteiger partial charge in [-0.1, -0.05) is 0 Å². The summed E-state index contributed by atoms with van der Waals surface area (Å²) in [6, 6.07) is 1.09. The molecule has 1 unspecified atom stereocenters. The first-order valence-corrected chi connectivity index (χ1v) is 4.94. The molecule has 17 heavy (non-hydrogen) atoms. The fourth-order valence-corrected chi connectivity index (χ4v) is 1.77. The predicted molar refractivity (Wildman–Crippen MR) is 55.6 cm³/mol. The predicted octanol–water partition coefficient (Wildman–Crippen LogP) is 2.09. The van der Waals surface area contributed by atoms with Crippen molar-refractivity contribution in [2.24, 2.45) is 5.92 Å². The monoisotopic (exact) mass is 239 g/mol. The van der Waals surface area contributed by atoms with Crippen molar-refractivity contribution < 1.29 is 18.0 Å². The molecule has 0 bridgehead atoms. The first-order chi connectivity index (χ1) is 8.02. The van der Waals surface area contributed by atoms with Gasteiger partial charge in [0.05, 0.1) is 5.69 Å². The van der Waals surface area contributed by atoms with Gasteiger partial charge in [0.1, 0.15) is 5.82 Å². The van der Waals surface area contributed by atoms with Crippen LogP contribution in [0.25, 0.3) is 0 Å². The number of nitrogens with zero attached hydrogens (tertiary/aromatic N) is 1. The fourth-order valence-electron chi connectivity index (χ4n) is 1.77. The molecule has 1 aromatic rings. The Morgan fingerprint density at radius 3 is 2.47 bits per heavy atom. The average molecular weight is 239 g/mol. The first-order valence-electron chi connectivity index (χ1n) is 4.94. The van der Waals surface area contributed by atoms with Gasteiger partial charge in [-0.05, 0) is 0 Å². The van der Waals surface area contributed by atoms with Crippen molar-refractivity contribution in [3.05, 3.63) is 29.6 Å². The molecule has 2 nitrogen and oxygen atoms in total. The molecule has 1 aromatic carbocycles. The second kappa shape index (κ2) is 4.13. The van der Waals surface area contributed by atoms with Crippen molar-refractivity contribution >= 4 is 11.6 Å². The van der Waals surface area contributed by atoms with Crippen molar-refractivity contribution in [3.63, 3.8) is 0 Å². The molecule has 1 atom stereocenters. The van der Waals surface area contributed by atoms with E-state index in [4.69, 9.17) is 6.42 Å². The van der Waals surface area contributed by atoms with E-state index in [0.717, 1.165) is 4.90 Å². The number of carbonyl (C=O) groups excluding carboxylic acids is 1. The molecule has 0 N–H and O–H groups in total. The lowest BCUT2D eigenvalue weighted by Crippen LogP contribution is -2.25. The zero-order chi connectivity index (χ0) is 12.6. The molecular formula is C12H8F3NO. The van der Waals surface area contributed by atoms with Crippen LogP contribution >= 0.6 is 0 Å². The zero-order valence-corrected chi connectivity index (χ0v) is 8.71. The van der Waals surface area contributed by atoms with Gasteiger partial charge in [-0.2, -0.15) is 0 Å². The minimum atomic E-state index is -1.29. The summed E-state index contributed by atoms with van der Waals surface area (Å²) >= 11 is 0. The maximum atomic E-state index is 13.4. The lowest BCUT2D eigenvalue weighted by Gasteiger charge is -2.16. The van der Waals surface area contributed by atoms with Gasteiger partial charge in [-0.3, -0.25) is 4.79 Å². The number of halogens is 3. The van der Waals surface area contributed by atoms with Crippen LogP contribution in [0.4, 0.5) is 18.9 Å². The number of terminal acetylenes is 1. The third kappa shape index (κ3) is 1.98. The van der Waals surface area contributed by atoms with Gasteiger partial charge in [0.25, 0.3) is 0 Å². The van der Waals surface area contributed by atoms with E-state index in [0.29, 0.717) is 12.1 Å². The molecule has 0 radical (unpaired) electrons. The summed E-state index contributed by atoms with van der Waals surface area (Å²) in [7, 11) is 0. The normalized spacial score (nSPS) is 19.5. The number of amides is 1. The van der Waals surface area contributed by atoms with Crippen LogP contribution in [0.2, 0.25) is 0 Å². The van der Waals surface area contributed by atoms with Gasteiger partial charge in [0.15, 0.2) is 11.6 Å². The Bertz CT molecular complexity index is 521. The van der Waals surface area contributed by atoms with Crippen LogP contribution in [0.15, 0.2) is 12.1 Å². The SMILES string of the molecule is C#CC1CC(=O)N(c2cc(F)c(F)cc2F)C1. The topological polar surface area (TPSA) is 20.3 Å². The van der Waals surface area contributed by atoms with Gasteiger partial charge < -0.3 is 4.90 Å². The maximum absolute atomic E-state index is 13.4. The Morgan fingerprint density at radius 1 is 1.24 bits per heavy atom. The minimum Gasteiger partial charge on any atom is -0.308 e. The van der Waals surface area contributed by atoms with Gasteiger partial charge in [0, 0.05) is 31.0 Å². The van der Waals surface area contributed by atoms with E-state index in [1.54, 1.807) is 0 Å². The maximum Gasteiger partial charge on any atom is 0.228 e. The highest BCUT2D eigenvalue weighted by Gasteiger charge is 2.31. The summed E-state index contributed by atoms with van der Waals surface area (Å²) < 4.78 is 39.2. The van der Waals surface area contributed by atoms with Gasteiger partial charge >= 0.3 is 0 Å². The van der Waals surface area contributed by atoms with Gasteiger partial charge in [0.2, 0.25) is 5.91 Å². The summed E-state index contributed by atoms with van der Waals surface area (Å²) in [5, 5.41) is 0. The summed E-state index contributed by atoms with van der Waals surface area (Å²) in [4.78, 5) is 12.6. The van der Waals surface area contributed by atoms with E-state index in [2.05, 4.69) is 5.92 Å². The van der Waals surface area contributed by atoms with E-state index in [1.165, 1.54) is 0 Å². The molecule has 88 valence electrons. The third-order valence-corrected chi connectivity index (χ3v) is 2.64. The van der Waals surface area contributed by atoms with Crippen LogP contribution in [0, 0.1) is 35.7 Å². The van der Waals surface area contributed by atoms with Crippen molar-refractivity contribution in [2.75, 3.05) is 11.4 Å². The molecule has 0 saturated carbocycles. The van der Waals surface area contributed by atoms with Crippen molar-refractivity contribution in [2.45, 2.75) is 6.42 Å². The summed E-state index contributed by atoms with van der Waals surface area (Å²) in [6.45, 7) is 0.122. The smallest absolute Gasteiger partial charge is 0.228 e. The van der Waals surface area contributed by atoms with E-state index < -0.39 is 23.4 Å². The number of hydrogen-bond acceptors (Lipinski definition) is 1. The van der Waals surface area contributed by atoms with Crippen LogP contribution in [-0.2, 0) is 4.79 Å². The molecule has 1 saturated heterocycles. The third-order valence-electron chi connectivity index (χ3n) is 2.64. The second-order valence-corrected chi connectivity index (χ2v) is 3.79. The van der Waals surface area contributed by atoms with Crippen molar-refractivity contribution in [1.82, 2.24) is 0 Å². The Morgan fingerprint density at radius 2 is 1.88 bits per heavy atom. The molecule has 0 aliphatic carbocycles. The molecule has 1 heterocycles. The first kappa shape index (κ1) is 11.5. The van der Waals surface area contributed by atoms with Crippen molar-refractivity contribution in [3.8, 4) is 12.3 Å². The average Bonchev–Trinajstić information content (AvgIpc) is 2.65. The second-order valence-electron chi connectivity index (χ2n) is 3.79. The minimum absolute atomic E-state index is 0.0922. The lowest BCUT2D eigenvalue weighted by molar-refractivity contribution is -0.117. The van der Waals surface area contributed by atoms with Crippen LogP contribution in [-0.4, -0.2) is 12.5 Å². The highest BCUT2D eigenvalue weighted by molar-refractivity contribution is 5.96. The lowest BCUT2D eigenvalue weighted by atomic mass is 10.1. The summed E-state index contributed by atoms with van der Waals surface area (Å²) in [5.41, 5.74) is -0.272. The fraction of sp³-hybridized carbons (Fsp3) is 0.250. The molecule has 1 aliphatic heterocycles. The van der Waals surface area contributed by atoms with E-state index in [-0.39, 0.29) is 24.6 Å². The number of hydrogen-bond donors (Lipinski definition) is 0. The summed E-state index contributed by atoms with van der Waals surface area (Å²) in [5.74, 6) is -1.79. The quantitative estimate of drug-likeness (QED) is 0.542. The van der Waals surface area contributed by atoms with Crippen LogP contribution in [0.3, 0.4) is 0 Å². The standard InChI is InChI=1S/C12H8F3NO/c1-2-7-3-12(17)16(6-7)11-5-9(14)8(13)4-10(11)15/h1,4-5,7H,3,6H2. The van der Waals surface area contributed by atoms with Crippen molar-refractivity contribution in [1.29, 1.82) is 0 Å². The van der Waals surface area contributed by atoms with Crippen LogP contribution in [0.1, 0.15) is 6.42 Å². The van der Waals surface area contributed by atoms with Gasteiger partial charge in [-0.15, -0.1) is 12.3 Å². The molecule has 1 fully saturated rings. The van der Waals surface area contributed by atoms with E-state index in [9.17, 15) is 18.0 Å². The Hall–Kier alpha value is -1.96. The Labute approximate surface area is 96.0 Å². The highest BCUT2D eigenvalue weighted by Crippen LogP contribution is 2.28. The number of anilines is 1. The van der Waals surface area contributed by atoms with Crippen LogP contribution in [0.5, 0.6) is 0 Å². The van der Waals surface area contributed by atoms with E-state index in [1.807, 2.05) is 0 Å². The molecule has 2 rings (SSSR count). The highest BCUT2D eigenvalue weighted by atomic mass is 19.2. The molecule has 0 spiro atoms. The summed E-state index contributed by atoms with van der Waals surface area (Å²) in [6.07, 6.45) is 5.26. The van der Waals surface area contributed by atoms with Crippen LogP contribution < -0.4 is 4.90 Å². The Kier molecular flexibility index (Phi) is 2.80. The number of rotatable bonds is 1. The molecule has 1 aliphatic rings. The molecular weight excluding hydrogens is 231 g/mol. The number of carbonyl (C=O) groups is 1. The number of benzene rings is 1. The molecule has 5 heteroatoms. The molecule has 0 aromatic heterocycles. The molecule has 1 amide bonds. The van der Waals surface area contributed by atoms with E-state index >= 15 is 0 Å². The Balaban J connectivity index is 2.39.